The van der Waals surface area contributed by atoms with Gasteiger partial charge in [-0.3, -0.25) is 9.48 Å². The molecule has 0 spiro atoms. The van der Waals surface area contributed by atoms with Gasteiger partial charge in [0.05, 0.1) is 18.3 Å². The molecule has 0 bridgehead atoms. The molecule has 0 unspecified atom stereocenters. The molecule has 174 valence electrons. The van der Waals surface area contributed by atoms with E-state index in [4.69, 9.17) is 4.74 Å². The molecular weight excluding hydrogens is 438 g/mol. The van der Waals surface area contributed by atoms with E-state index in [0.29, 0.717) is 42.1 Å². The number of aromatic nitrogens is 4. The molecule has 1 aliphatic heterocycles. The minimum Gasteiger partial charge on any atom is -0.373 e. The lowest BCUT2D eigenvalue weighted by molar-refractivity contribution is -0.00760. The molecule has 6 rings (SSSR count). The predicted molar refractivity (Wildman–Crippen MR) is 124 cm³/mol. The van der Waals surface area contributed by atoms with Crippen molar-refractivity contribution in [1.82, 2.24) is 19.3 Å². The molecule has 3 aromatic heterocycles. The van der Waals surface area contributed by atoms with Crippen molar-refractivity contribution in [1.29, 1.82) is 0 Å². The average molecular weight is 463 g/mol. The first-order valence-electron chi connectivity index (χ1n) is 11.6. The van der Waals surface area contributed by atoms with Crippen LogP contribution < -0.4 is 5.56 Å². The standard InChI is InChI=1S/C26H24F2N4O2/c1-15-2-6-21-22(20-7-3-17(27)10-23(20)28)14-31(26(33)25(21)30-15)19-8-9-34-24(11-19)16-12-29-32(13-16)18-4-5-18/h2-3,6-7,10,12-14,18-19,24H,4-5,8-9,11H2,1H3/t19-,24+/m0/s1. The van der Waals surface area contributed by atoms with E-state index in [1.165, 1.54) is 12.1 Å². The van der Waals surface area contributed by atoms with E-state index in [1.807, 2.05) is 24.0 Å². The summed E-state index contributed by atoms with van der Waals surface area (Å²) >= 11 is 0. The van der Waals surface area contributed by atoms with Crippen molar-refractivity contribution in [3.05, 3.63) is 82.2 Å². The zero-order valence-electron chi connectivity index (χ0n) is 18.7. The summed E-state index contributed by atoms with van der Waals surface area (Å²) in [6.45, 7) is 2.31. The lowest BCUT2D eigenvalue weighted by atomic mass is 9.97. The van der Waals surface area contributed by atoms with Crippen LogP contribution in [0.1, 0.15) is 55.1 Å². The van der Waals surface area contributed by atoms with Gasteiger partial charge in [0.1, 0.15) is 17.2 Å². The summed E-state index contributed by atoms with van der Waals surface area (Å²) in [6, 6.07) is 7.40. The van der Waals surface area contributed by atoms with E-state index in [2.05, 4.69) is 10.1 Å². The highest BCUT2D eigenvalue weighted by molar-refractivity contribution is 5.94. The third-order valence-electron chi connectivity index (χ3n) is 6.82. The molecule has 0 amide bonds. The molecule has 1 saturated carbocycles. The van der Waals surface area contributed by atoms with Gasteiger partial charge in [0.15, 0.2) is 0 Å². The van der Waals surface area contributed by atoms with Crippen LogP contribution in [0.2, 0.25) is 0 Å². The van der Waals surface area contributed by atoms with E-state index in [9.17, 15) is 13.6 Å². The Balaban J connectivity index is 1.44. The highest BCUT2D eigenvalue weighted by atomic mass is 19.1. The Hall–Kier alpha value is -3.39. The molecule has 1 aromatic carbocycles. The Morgan fingerprint density at radius 3 is 2.68 bits per heavy atom. The van der Waals surface area contributed by atoms with Crippen LogP contribution >= 0.6 is 0 Å². The van der Waals surface area contributed by atoms with E-state index < -0.39 is 11.6 Å². The smallest absolute Gasteiger partial charge is 0.277 e. The molecule has 1 aliphatic carbocycles. The number of rotatable bonds is 4. The van der Waals surface area contributed by atoms with Gasteiger partial charge in [0, 0.05) is 58.9 Å². The highest BCUT2D eigenvalue weighted by Crippen LogP contribution is 2.38. The summed E-state index contributed by atoms with van der Waals surface area (Å²) < 4.78 is 38.1. The minimum atomic E-state index is -0.676. The van der Waals surface area contributed by atoms with Gasteiger partial charge < -0.3 is 9.30 Å². The Morgan fingerprint density at radius 1 is 1.03 bits per heavy atom. The summed E-state index contributed by atoms with van der Waals surface area (Å²) in [7, 11) is 0. The van der Waals surface area contributed by atoms with Crippen LogP contribution in [0.3, 0.4) is 0 Å². The van der Waals surface area contributed by atoms with Gasteiger partial charge in [-0.15, -0.1) is 0 Å². The maximum absolute atomic E-state index is 14.8. The van der Waals surface area contributed by atoms with Crippen molar-refractivity contribution in [2.24, 2.45) is 0 Å². The zero-order chi connectivity index (χ0) is 23.4. The number of aryl methyl sites for hydroxylation is 1. The lowest BCUT2D eigenvalue weighted by Gasteiger charge is -2.31. The normalized spacial score (nSPS) is 20.7. The van der Waals surface area contributed by atoms with Crippen LogP contribution in [-0.2, 0) is 4.74 Å². The second-order valence-corrected chi connectivity index (χ2v) is 9.25. The van der Waals surface area contributed by atoms with E-state index >= 15 is 0 Å². The molecule has 2 fully saturated rings. The Labute approximate surface area is 194 Å². The van der Waals surface area contributed by atoms with Gasteiger partial charge in [-0.1, -0.05) is 6.07 Å². The van der Waals surface area contributed by atoms with Crippen LogP contribution in [0.15, 0.2) is 53.7 Å². The van der Waals surface area contributed by atoms with Crippen molar-refractivity contribution in [3.8, 4) is 11.1 Å². The number of benzene rings is 1. The summed E-state index contributed by atoms with van der Waals surface area (Å²) in [4.78, 5) is 18.0. The number of ether oxygens (including phenoxy) is 1. The summed E-state index contributed by atoms with van der Waals surface area (Å²) in [5, 5.41) is 5.02. The summed E-state index contributed by atoms with van der Waals surface area (Å²) in [5.41, 5.74) is 2.52. The third-order valence-corrected chi connectivity index (χ3v) is 6.82. The second-order valence-electron chi connectivity index (χ2n) is 9.25. The van der Waals surface area contributed by atoms with Gasteiger partial charge in [-0.05, 0) is 50.8 Å². The maximum Gasteiger partial charge on any atom is 0.277 e. The molecule has 0 radical (unpaired) electrons. The quantitative estimate of drug-likeness (QED) is 0.414. The van der Waals surface area contributed by atoms with Gasteiger partial charge in [-0.25, -0.2) is 13.8 Å². The fourth-order valence-electron chi connectivity index (χ4n) is 4.84. The predicted octanol–water partition coefficient (Wildman–Crippen LogP) is 5.27. The van der Waals surface area contributed by atoms with Crippen molar-refractivity contribution in [2.75, 3.05) is 6.61 Å². The number of hydrogen-bond donors (Lipinski definition) is 0. The topological polar surface area (TPSA) is 61.9 Å². The SMILES string of the molecule is Cc1ccc2c(-c3ccc(F)cc3F)cn([C@H]3CCO[C@@H](c4cnn(C5CC5)c4)C3)c(=O)c2n1. The molecule has 1 saturated heterocycles. The number of nitrogens with zero attached hydrogens (tertiary/aromatic N) is 4. The third kappa shape index (κ3) is 3.72. The first-order chi connectivity index (χ1) is 16.5. The first kappa shape index (κ1) is 21.2. The molecule has 0 N–H and O–H groups in total. The number of halogens is 2. The average Bonchev–Trinajstić information content (AvgIpc) is 3.56. The van der Waals surface area contributed by atoms with Crippen molar-refractivity contribution in [2.45, 2.75) is 50.8 Å². The Bertz CT molecular complexity index is 1460. The lowest BCUT2D eigenvalue weighted by Crippen LogP contribution is -2.31. The van der Waals surface area contributed by atoms with Crippen LogP contribution in [-0.4, -0.2) is 25.9 Å². The molecular formula is C26H24F2N4O2. The van der Waals surface area contributed by atoms with Crippen molar-refractivity contribution >= 4 is 10.9 Å². The number of hydrogen-bond acceptors (Lipinski definition) is 4. The molecule has 4 heterocycles. The fourth-order valence-corrected chi connectivity index (χ4v) is 4.84. The highest BCUT2D eigenvalue weighted by Gasteiger charge is 2.30. The monoisotopic (exact) mass is 462 g/mol. The summed E-state index contributed by atoms with van der Waals surface area (Å²) in [5.74, 6) is -1.32. The van der Waals surface area contributed by atoms with E-state index in [0.717, 1.165) is 24.5 Å². The fraction of sp³-hybridized carbons (Fsp3) is 0.346. The van der Waals surface area contributed by atoms with Crippen molar-refractivity contribution < 1.29 is 13.5 Å². The zero-order valence-corrected chi connectivity index (χ0v) is 18.7. The Kier molecular flexibility index (Phi) is 5.06. The minimum absolute atomic E-state index is 0.149. The summed E-state index contributed by atoms with van der Waals surface area (Å²) in [6.07, 6.45) is 8.95. The number of pyridine rings is 2. The molecule has 6 nitrogen and oxygen atoms in total. The van der Waals surface area contributed by atoms with Gasteiger partial charge >= 0.3 is 0 Å². The van der Waals surface area contributed by atoms with Crippen LogP contribution in [0.5, 0.6) is 0 Å². The first-order valence-corrected chi connectivity index (χ1v) is 11.6. The number of fused-ring (bicyclic) bond motifs is 1. The van der Waals surface area contributed by atoms with Gasteiger partial charge in [0.2, 0.25) is 0 Å². The molecule has 4 aromatic rings. The van der Waals surface area contributed by atoms with E-state index in [-0.39, 0.29) is 28.8 Å². The van der Waals surface area contributed by atoms with Crippen LogP contribution in [0.4, 0.5) is 8.78 Å². The molecule has 34 heavy (non-hydrogen) atoms. The largest absolute Gasteiger partial charge is 0.373 e. The maximum atomic E-state index is 14.8. The molecule has 2 aliphatic rings. The van der Waals surface area contributed by atoms with Crippen LogP contribution in [0.25, 0.3) is 22.0 Å². The van der Waals surface area contributed by atoms with Gasteiger partial charge in [-0.2, -0.15) is 5.10 Å². The molecule has 8 heteroatoms. The van der Waals surface area contributed by atoms with Crippen LogP contribution in [0, 0.1) is 18.6 Å². The molecule has 2 atom stereocenters. The van der Waals surface area contributed by atoms with E-state index in [1.54, 1.807) is 22.9 Å². The van der Waals surface area contributed by atoms with Crippen molar-refractivity contribution in [3.63, 3.8) is 0 Å². The Morgan fingerprint density at radius 2 is 1.88 bits per heavy atom. The second kappa shape index (κ2) is 8.13. The van der Waals surface area contributed by atoms with Gasteiger partial charge in [0.25, 0.3) is 5.56 Å².